The number of halogens is 2. The Kier molecular flexibility index (Phi) is 5.89. The first kappa shape index (κ1) is 25.7. The van der Waals surface area contributed by atoms with E-state index in [2.05, 4.69) is 0 Å². The lowest BCUT2D eigenvalue weighted by atomic mass is 9.44. The summed E-state index contributed by atoms with van der Waals surface area (Å²) in [4.78, 5) is 37.2. The molecule has 0 aromatic carbocycles. The number of esters is 1. The number of allylic oxidation sites excluding steroid dienone is 4. The van der Waals surface area contributed by atoms with E-state index in [0.29, 0.717) is 6.42 Å². The summed E-state index contributed by atoms with van der Waals surface area (Å²) in [5.41, 5.74) is -6.38. The molecule has 1 N–H and O–H groups in total. The molecule has 0 spiro atoms. The number of ether oxygens (including phenoxy) is 3. The van der Waals surface area contributed by atoms with Crippen molar-refractivity contribution in [3.8, 4) is 0 Å². The standard InChI is InChI=1S/C27H34F2O7/c1-5-6-23-35-22-11-16-17-10-19(28)18-9-15(31)7-8-24(18,3)26(17,29)20(32)12-25(16,4)27(22,36-23)21(33)13-34-14(2)30/h7-9,16-17,19-20,22-23,32H,5-6,10-13H2,1-4H3/t16-,17-,19-,20-,22+,23?,24-,25-,26-,27+/m0/s1. The van der Waals surface area contributed by atoms with Gasteiger partial charge in [0.25, 0.3) is 0 Å². The number of rotatable bonds is 5. The maximum atomic E-state index is 17.3. The van der Waals surface area contributed by atoms with Crippen LogP contribution in [-0.2, 0) is 28.6 Å². The maximum absolute atomic E-state index is 17.3. The van der Waals surface area contributed by atoms with Crippen molar-refractivity contribution in [2.24, 2.45) is 22.7 Å². The van der Waals surface area contributed by atoms with Gasteiger partial charge >= 0.3 is 5.97 Å². The molecule has 0 radical (unpaired) electrons. The number of Topliss-reactive ketones (excluding diaryl/α,β-unsaturated/α-hetero) is 1. The van der Waals surface area contributed by atoms with Crippen molar-refractivity contribution in [1.82, 2.24) is 0 Å². The van der Waals surface area contributed by atoms with Gasteiger partial charge in [0, 0.05) is 23.7 Å². The number of hydrogen-bond acceptors (Lipinski definition) is 7. The van der Waals surface area contributed by atoms with E-state index in [1.54, 1.807) is 6.92 Å². The lowest BCUT2D eigenvalue weighted by molar-refractivity contribution is -0.234. The molecule has 10 atom stereocenters. The molecule has 36 heavy (non-hydrogen) atoms. The van der Waals surface area contributed by atoms with Crippen LogP contribution in [0, 0.1) is 22.7 Å². The average Bonchev–Trinajstić information content (AvgIpc) is 3.28. The van der Waals surface area contributed by atoms with Crippen LogP contribution in [-0.4, -0.2) is 65.2 Å². The molecule has 9 heteroatoms. The fourth-order valence-electron chi connectivity index (χ4n) is 8.16. The molecule has 4 fully saturated rings. The van der Waals surface area contributed by atoms with Gasteiger partial charge < -0.3 is 19.3 Å². The summed E-state index contributed by atoms with van der Waals surface area (Å²) < 4.78 is 50.5. The minimum absolute atomic E-state index is 0.0470. The Hall–Kier alpha value is -1.97. The van der Waals surface area contributed by atoms with E-state index in [0.717, 1.165) is 12.5 Å². The topological polar surface area (TPSA) is 99.1 Å². The highest BCUT2D eigenvalue weighted by atomic mass is 19.1. The Balaban J connectivity index is 1.59. The molecule has 4 aliphatic carbocycles. The van der Waals surface area contributed by atoms with Gasteiger partial charge in [-0.1, -0.05) is 26.3 Å². The molecule has 198 valence electrons. The van der Waals surface area contributed by atoms with Crippen LogP contribution in [0.15, 0.2) is 23.8 Å². The molecule has 1 aliphatic heterocycles. The van der Waals surface area contributed by atoms with Crippen LogP contribution in [0.1, 0.15) is 59.8 Å². The van der Waals surface area contributed by atoms with Crippen LogP contribution in [0.3, 0.4) is 0 Å². The Morgan fingerprint density at radius 2 is 1.97 bits per heavy atom. The minimum atomic E-state index is -2.26. The average molecular weight is 509 g/mol. The Morgan fingerprint density at radius 1 is 1.25 bits per heavy atom. The largest absolute Gasteiger partial charge is 0.458 e. The van der Waals surface area contributed by atoms with Gasteiger partial charge in [0.1, 0.15) is 6.17 Å². The van der Waals surface area contributed by atoms with Gasteiger partial charge in [-0.2, -0.15) is 0 Å². The van der Waals surface area contributed by atoms with Crippen LogP contribution in [0.25, 0.3) is 0 Å². The highest BCUT2D eigenvalue weighted by molar-refractivity contribution is 6.01. The zero-order valence-corrected chi connectivity index (χ0v) is 21.1. The zero-order valence-electron chi connectivity index (χ0n) is 21.1. The Bertz CT molecular complexity index is 1060. The van der Waals surface area contributed by atoms with Gasteiger partial charge in [-0.05, 0) is 56.3 Å². The van der Waals surface area contributed by atoms with E-state index in [1.807, 2.05) is 6.92 Å². The van der Waals surface area contributed by atoms with Crippen LogP contribution < -0.4 is 0 Å². The molecule has 1 heterocycles. The molecule has 3 saturated carbocycles. The van der Waals surface area contributed by atoms with Gasteiger partial charge in [-0.25, -0.2) is 8.78 Å². The van der Waals surface area contributed by atoms with Crippen molar-refractivity contribution in [3.05, 3.63) is 23.8 Å². The smallest absolute Gasteiger partial charge is 0.303 e. The molecule has 5 rings (SSSR count). The van der Waals surface area contributed by atoms with Crippen LogP contribution >= 0.6 is 0 Å². The quantitative estimate of drug-likeness (QED) is 0.569. The van der Waals surface area contributed by atoms with Crippen LogP contribution in [0.4, 0.5) is 8.78 Å². The summed E-state index contributed by atoms with van der Waals surface area (Å²) in [6.07, 6.45) is 0.403. The molecule has 0 aromatic heterocycles. The van der Waals surface area contributed by atoms with Gasteiger partial charge in [-0.15, -0.1) is 0 Å². The molecule has 1 saturated heterocycles. The van der Waals surface area contributed by atoms with E-state index in [1.165, 1.54) is 26.0 Å². The van der Waals surface area contributed by atoms with Crippen molar-refractivity contribution >= 4 is 17.5 Å². The molecular formula is C27H34F2O7. The fourth-order valence-corrected chi connectivity index (χ4v) is 8.16. The number of hydrogen-bond donors (Lipinski definition) is 1. The zero-order chi connectivity index (χ0) is 26.3. The lowest BCUT2D eigenvalue weighted by Gasteiger charge is -2.63. The molecule has 0 aromatic rings. The van der Waals surface area contributed by atoms with Crippen molar-refractivity contribution in [2.75, 3.05) is 6.61 Å². The third-order valence-corrected chi connectivity index (χ3v) is 9.77. The van der Waals surface area contributed by atoms with Crippen molar-refractivity contribution < 1.29 is 42.5 Å². The van der Waals surface area contributed by atoms with E-state index in [-0.39, 0.29) is 24.8 Å². The van der Waals surface area contributed by atoms with E-state index in [9.17, 15) is 19.5 Å². The third-order valence-electron chi connectivity index (χ3n) is 9.77. The molecule has 0 amide bonds. The molecule has 1 unspecified atom stereocenters. The molecule has 0 bridgehead atoms. The number of carbonyl (C=O) groups is 3. The SMILES string of the molecule is CCCC1O[C@@H]2C[C@H]3[C@@H]4C[C@H](F)C5=CC(=O)C=C[C@]5(C)[C@@]4(F)[C@@H](O)C[C@]3(C)[C@]2(C(=O)COC(C)=O)O1. The molecule has 5 aliphatic rings. The van der Waals surface area contributed by atoms with Crippen molar-refractivity contribution in [3.63, 3.8) is 0 Å². The third kappa shape index (κ3) is 3.08. The Labute approximate surface area is 209 Å². The number of fused-ring (bicyclic) bond motifs is 7. The second kappa shape index (κ2) is 8.27. The number of carbonyl (C=O) groups excluding carboxylic acids is 3. The van der Waals surface area contributed by atoms with Gasteiger partial charge in [-0.3, -0.25) is 14.4 Å². The maximum Gasteiger partial charge on any atom is 0.303 e. The molecule has 7 nitrogen and oxygen atoms in total. The monoisotopic (exact) mass is 508 g/mol. The normalized spacial score (nSPS) is 49.0. The summed E-state index contributed by atoms with van der Waals surface area (Å²) >= 11 is 0. The second-order valence-electron chi connectivity index (χ2n) is 11.5. The van der Waals surface area contributed by atoms with E-state index in [4.69, 9.17) is 14.2 Å². The predicted molar refractivity (Wildman–Crippen MR) is 123 cm³/mol. The first-order valence-electron chi connectivity index (χ1n) is 12.8. The summed E-state index contributed by atoms with van der Waals surface area (Å²) in [6.45, 7) is 5.95. The van der Waals surface area contributed by atoms with Gasteiger partial charge in [0.15, 0.2) is 29.9 Å². The first-order chi connectivity index (χ1) is 16.8. The number of aliphatic hydroxyl groups excluding tert-OH is 1. The summed E-state index contributed by atoms with van der Waals surface area (Å²) in [7, 11) is 0. The summed E-state index contributed by atoms with van der Waals surface area (Å²) in [5.74, 6) is -3.03. The van der Waals surface area contributed by atoms with Gasteiger partial charge in [0.2, 0.25) is 5.78 Å². The van der Waals surface area contributed by atoms with E-state index >= 15 is 8.78 Å². The van der Waals surface area contributed by atoms with E-state index < -0.39 is 82.7 Å². The highest BCUT2D eigenvalue weighted by Crippen LogP contribution is 2.72. The van der Waals surface area contributed by atoms with Crippen molar-refractivity contribution in [2.45, 2.75) is 95.7 Å². The molecular weight excluding hydrogens is 474 g/mol. The number of aliphatic hydroxyl groups is 1. The Morgan fingerprint density at radius 3 is 2.64 bits per heavy atom. The summed E-state index contributed by atoms with van der Waals surface area (Å²) in [5, 5.41) is 11.5. The highest BCUT2D eigenvalue weighted by Gasteiger charge is 2.80. The first-order valence-corrected chi connectivity index (χ1v) is 12.8. The van der Waals surface area contributed by atoms with Crippen molar-refractivity contribution in [1.29, 1.82) is 0 Å². The fraction of sp³-hybridized carbons (Fsp3) is 0.741. The number of ketones is 2. The van der Waals surface area contributed by atoms with Crippen LogP contribution in [0.2, 0.25) is 0 Å². The lowest BCUT2D eigenvalue weighted by Crippen LogP contribution is -2.71. The minimum Gasteiger partial charge on any atom is -0.458 e. The van der Waals surface area contributed by atoms with Gasteiger partial charge in [0.05, 0.1) is 12.2 Å². The second-order valence-corrected chi connectivity index (χ2v) is 11.5. The summed E-state index contributed by atoms with van der Waals surface area (Å²) in [6, 6.07) is 0. The number of alkyl halides is 2. The van der Waals surface area contributed by atoms with Crippen LogP contribution in [0.5, 0.6) is 0 Å². The predicted octanol–water partition coefficient (Wildman–Crippen LogP) is 3.33.